The molecule has 26 heavy (non-hydrogen) atoms. The lowest BCUT2D eigenvalue weighted by molar-refractivity contribution is -0.385. The molecule has 3 rings (SSSR count). The molecular formula is C18H16N2O6. The van der Waals surface area contributed by atoms with Gasteiger partial charge in [0.1, 0.15) is 12.4 Å². The van der Waals surface area contributed by atoms with Crippen LogP contribution in [0, 0.1) is 10.1 Å². The number of nitro benzene ring substituents is 1. The number of esters is 1. The molecule has 0 unspecified atom stereocenters. The third-order valence-electron chi connectivity index (χ3n) is 3.92. The number of ether oxygens (including phenoxy) is 2. The Bertz CT molecular complexity index is 851. The van der Waals surface area contributed by atoms with Crippen molar-refractivity contribution in [1.29, 1.82) is 0 Å². The fourth-order valence-electron chi connectivity index (χ4n) is 2.64. The van der Waals surface area contributed by atoms with Crippen molar-refractivity contribution >= 4 is 23.3 Å². The minimum atomic E-state index is -0.542. The molecular weight excluding hydrogens is 340 g/mol. The van der Waals surface area contributed by atoms with Gasteiger partial charge in [0.25, 0.3) is 11.6 Å². The molecule has 134 valence electrons. The second kappa shape index (κ2) is 7.64. The van der Waals surface area contributed by atoms with Crippen molar-refractivity contribution in [3.63, 3.8) is 0 Å². The second-order valence-corrected chi connectivity index (χ2v) is 5.60. The van der Waals surface area contributed by atoms with Gasteiger partial charge in [-0.15, -0.1) is 0 Å². The lowest BCUT2D eigenvalue weighted by Crippen LogP contribution is -2.40. The first kappa shape index (κ1) is 17.4. The Hall–Kier alpha value is -3.42. The van der Waals surface area contributed by atoms with E-state index < -0.39 is 10.9 Å². The molecule has 0 spiro atoms. The average molecular weight is 356 g/mol. The zero-order chi connectivity index (χ0) is 18.5. The predicted molar refractivity (Wildman–Crippen MR) is 91.8 cm³/mol. The van der Waals surface area contributed by atoms with Gasteiger partial charge in [-0.2, -0.15) is 0 Å². The van der Waals surface area contributed by atoms with Crippen LogP contribution in [-0.4, -0.2) is 30.0 Å². The van der Waals surface area contributed by atoms with E-state index in [9.17, 15) is 19.7 Å². The lowest BCUT2D eigenvalue weighted by Gasteiger charge is -2.28. The van der Waals surface area contributed by atoms with Gasteiger partial charge in [-0.1, -0.05) is 24.3 Å². The summed E-state index contributed by atoms with van der Waals surface area (Å²) >= 11 is 0. The first-order valence-corrected chi connectivity index (χ1v) is 7.96. The van der Waals surface area contributed by atoms with Crippen molar-refractivity contribution in [3.8, 4) is 5.75 Å². The lowest BCUT2D eigenvalue weighted by atomic mass is 10.2. The van der Waals surface area contributed by atoms with E-state index in [0.29, 0.717) is 17.0 Å². The first-order valence-electron chi connectivity index (χ1n) is 7.96. The number of anilines is 1. The number of fused-ring (bicyclic) bond motifs is 1. The smallest absolute Gasteiger partial charge is 0.307 e. The number of para-hydroxylation sites is 3. The van der Waals surface area contributed by atoms with Crippen molar-refractivity contribution in [3.05, 3.63) is 64.2 Å². The Morgan fingerprint density at radius 3 is 2.73 bits per heavy atom. The molecule has 0 bridgehead atoms. The number of benzene rings is 2. The summed E-state index contributed by atoms with van der Waals surface area (Å²) in [4.78, 5) is 36.0. The molecule has 0 fully saturated rings. The van der Waals surface area contributed by atoms with E-state index in [-0.39, 0.29) is 37.8 Å². The zero-order valence-electron chi connectivity index (χ0n) is 13.8. The highest BCUT2D eigenvalue weighted by Crippen LogP contribution is 2.31. The average Bonchev–Trinajstić information content (AvgIpc) is 2.65. The van der Waals surface area contributed by atoms with Gasteiger partial charge in [-0.05, 0) is 18.2 Å². The third kappa shape index (κ3) is 3.80. The maximum atomic E-state index is 12.0. The fourth-order valence-corrected chi connectivity index (χ4v) is 2.64. The van der Waals surface area contributed by atoms with Crippen LogP contribution in [0.1, 0.15) is 12.0 Å². The summed E-state index contributed by atoms with van der Waals surface area (Å²) < 4.78 is 10.5. The SMILES string of the molecule is O=C(CCN1C(=O)COc2ccccc21)OCc1ccccc1[N+](=O)[O-]. The van der Waals surface area contributed by atoms with E-state index in [2.05, 4.69) is 0 Å². The van der Waals surface area contributed by atoms with E-state index >= 15 is 0 Å². The summed E-state index contributed by atoms with van der Waals surface area (Å²) in [5.41, 5.74) is 0.825. The second-order valence-electron chi connectivity index (χ2n) is 5.60. The molecule has 1 aliphatic rings. The van der Waals surface area contributed by atoms with Crippen molar-refractivity contribution in [2.75, 3.05) is 18.1 Å². The van der Waals surface area contributed by atoms with E-state index in [0.717, 1.165) is 0 Å². The van der Waals surface area contributed by atoms with Gasteiger partial charge in [-0.3, -0.25) is 19.7 Å². The van der Waals surface area contributed by atoms with Crippen LogP contribution in [-0.2, 0) is 20.9 Å². The normalized spacial score (nSPS) is 12.9. The standard InChI is InChI=1S/C18H16N2O6/c21-17-12-25-16-8-4-3-7-15(16)19(17)10-9-18(22)26-11-13-5-1-2-6-14(13)20(23)24/h1-8H,9-12H2. The van der Waals surface area contributed by atoms with Gasteiger partial charge >= 0.3 is 5.97 Å². The molecule has 8 heteroatoms. The topological polar surface area (TPSA) is 99.0 Å². The highest BCUT2D eigenvalue weighted by molar-refractivity contribution is 5.98. The van der Waals surface area contributed by atoms with Crippen LogP contribution >= 0.6 is 0 Å². The minimum Gasteiger partial charge on any atom is -0.482 e. The molecule has 0 atom stereocenters. The van der Waals surface area contributed by atoms with Crippen LogP contribution in [0.5, 0.6) is 5.75 Å². The largest absolute Gasteiger partial charge is 0.482 e. The molecule has 0 N–H and O–H groups in total. The molecule has 1 heterocycles. The number of hydrogen-bond donors (Lipinski definition) is 0. The Morgan fingerprint density at radius 2 is 1.92 bits per heavy atom. The van der Waals surface area contributed by atoms with Gasteiger partial charge in [0.2, 0.25) is 0 Å². The molecule has 2 aromatic rings. The monoisotopic (exact) mass is 356 g/mol. The van der Waals surface area contributed by atoms with Gasteiger partial charge in [0.05, 0.1) is 22.6 Å². The van der Waals surface area contributed by atoms with Crippen molar-refractivity contribution in [1.82, 2.24) is 0 Å². The number of carbonyl (C=O) groups is 2. The van der Waals surface area contributed by atoms with Gasteiger partial charge in [0.15, 0.2) is 6.61 Å². The molecule has 1 amide bonds. The maximum Gasteiger partial charge on any atom is 0.307 e. The highest BCUT2D eigenvalue weighted by Gasteiger charge is 2.25. The zero-order valence-corrected chi connectivity index (χ0v) is 13.8. The van der Waals surface area contributed by atoms with Crippen molar-refractivity contribution in [2.45, 2.75) is 13.0 Å². The van der Waals surface area contributed by atoms with E-state index in [1.54, 1.807) is 36.4 Å². The number of rotatable bonds is 6. The van der Waals surface area contributed by atoms with Gasteiger partial charge < -0.3 is 14.4 Å². The van der Waals surface area contributed by atoms with Crippen molar-refractivity contribution < 1.29 is 24.0 Å². The van der Waals surface area contributed by atoms with Crippen LogP contribution < -0.4 is 9.64 Å². The van der Waals surface area contributed by atoms with E-state index in [1.807, 2.05) is 0 Å². The van der Waals surface area contributed by atoms with Crippen LogP contribution in [0.2, 0.25) is 0 Å². The summed E-state index contributed by atoms with van der Waals surface area (Å²) in [6, 6.07) is 13.1. The number of hydrogen-bond acceptors (Lipinski definition) is 6. The van der Waals surface area contributed by atoms with Gasteiger partial charge in [-0.25, -0.2) is 0 Å². The minimum absolute atomic E-state index is 0.0271. The quantitative estimate of drug-likeness (QED) is 0.448. The first-order chi connectivity index (χ1) is 12.6. The van der Waals surface area contributed by atoms with Crippen LogP contribution in [0.25, 0.3) is 0 Å². The summed E-state index contributed by atoms with van der Waals surface area (Å²) in [6.45, 7) is -0.124. The Morgan fingerprint density at radius 1 is 1.19 bits per heavy atom. The Labute approximate surface area is 149 Å². The van der Waals surface area contributed by atoms with Crippen LogP contribution in [0.4, 0.5) is 11.4 Å². The molecule has 0 saturated heterocycles. The Kier molecular flexibility index (Phi) is 5.12. The fraction of sp³-hybridized carbons (Fsp3) is 0.222. The predicted octanol–water partition coefficient (Wildman–Crippen LogP) is 2.45. The molecule has 0 aromatic heterocycles. The molecule has 1 aliphatic heterocycles. The number of nitrogens with zero attached hydrogens (tertiary/aromatic N) is 2. The third-order valence-corrected chi connectivity index (χ3v) is 3.92. The maximum absolute atomic E-state index is 12.0. The summed E-state index contributed by atoms with van der Waals surface area (Å²) in [5, 5.41) is 11.0. The molecule has 2 aromatic carbocycles. The van der Waals surface area contributed by atoms with Crippen LogP contribution in [0.15, 0.2) is 48.5 Å². The molecule has 0 radical (unpaired) electrons. The number of carbonyl (C=O) groups excluding carboxylic acids is 2. The number of nitro groups is 1. The van der Waals surface area contributed by atoms with E-state index in [1.165, 1.54) is 17.0 Å². The molecule has 0 aliphatic carbocycles. The summed E-state index contributed by atoms with van der Waals surface area (Å²) in [6.07, 6.45) is -0.0271. The van der Waals surface area contributed by atoms with Gasteiger partial charge in [0, 0.05) is 12.6 Å². The van der Waals surface area contributed by atoms with E-state index in [4.69, 9.17) is 9.47 Å². The summed E-state index contributed by atoms with van der Waals surface area (Å²) in [7, 11) is 0. The van der Waals surface area contributed by atoms with Crippen LogP contribution in [0.3, 0.4) is 0 Å². The number of amides is 1. The molecule has 0 saturated carbocycles. The molecule has 8 nitrogen and oxygen atoms in total. The van der Waals surface area contributed by atoms with Crippen molar-refractivity contribution in [2.24, 2.45) is 0 Å². The summed E-state index contributed by atoms with van der Waals surface area (Å²) in [5.74, 6) is -0.199. The highest BCUT2D eigenvalue weighted by atomic mass is 16.6. The Balaban J connectivity index is 1.58.